The first-order chi connectivity index (χ1) is 14.3. The zero-order chi connectivity index (χ0) is 19.6. The molecule has 9 heteroatoms. The minimum Gasteiger partial charge on any atom is -0.351 e. The second-order valence-electron chi connectivity index (χ2n) is 7.04. The minimum atomic E-state index is -0.120. The summed E-state index contributed by atoms with van der Waals surface area (Å²) in [5.74, 6) is 1.83. The van der Waals surface area contributed by atoms with Gasteiger partial charge in [-0.1, -0.05) is 17.3 Å². The zero-order valence-electron chi connectivity index (χ0n) is 15.7. The molecular formula is C20H19N7O2. The van der Waals surface area contributed by atoms with Crippen LogP contribution in [0.3, 0.4) is 0 Å². The minimum absolute atomic E-state index is 0.120. The third-order valence-corrected chi connectivity index (χ3v) is 5.26. The van der Waals surface area contributed by atoms with Crippen LogP contribution in [0.5, 0.6) is 0 Å². The number of benzene rings is 1. The van der Waals surface area contributed by atoms with Gasteiger partial charge in [0.25, 0.3) is 5.91 Å². The summed E-state index contributed by atoms with van der Waals surface area (Å²) < 4.78 is 6.78. The van der Waals surface area contributed by atoms with Crippen LogP contribution in [0.4, 0.5) is 0 Å². The quantitative estimate of drug-likeness (QED) is 0.530. The Morgan fingerprint density at radius 3 is 2.83 bits per heavy atom. The maximum atomic E-state index is 12.6. The van der Waals surface area contributed by atoms with Crippen molar-refractivity contribution < 1.29 is 9.32 Å². The van der Waals surface area contributed by atoms with Gasteiger partial charge in [0.2, 0.25) is 5.76 Å². The number of aromatic nitrogens is 6. The van der Waals surface area contributed by atoms with Crippen LogP contribution in [-0.2, 0) is 0 Å². The molecule has 9 nitrogen and oxygen atoms in total. The molecule has 3 aromatic heterocycles. The molecule has 1 aliphatic rings. The standard InChI is InChI=1S/C20H19N7O2/c28-20(17-7-9-24-29-17)26-10-3-4-14(8-11-26)19-22-13-23-27(19)18-12-21-15-5-1-2-6-16(15)25-18/h1-2,5-7,9,12-14H,3-4,8,10-11H2. The van der Waals surface area contributed by atoms with E-state index >= 15 is 0 Å². The van der Waals surface area contributed by atoms with E-state index in [1.165, 1.54) is 6.20 Å². The van der Waals surface area contributed by atoms with Crippen molar-refractivity contribution in [3.05, 3.63) is 60.6 Å². The highest BCUT2D eigenvalue weighted by Crippen LogP contribution is 2.28. The Morgan fingerprint density at radius 1 is 1.07 bits per heavy atom. The summed E-state index contributed by atoms with van der Waals surface area (Å²) in [5.41, 5.74) is 1.66. The van der Waals surface area contributed by atoms with E-state index in [2.05, 4.69) is 25.2 Å². The third kappa shape index (κ3) is 3.35. The van der Waals surface area contributed by atoms with Crippen LogP contribution in [0.15, 0.2) is 53.6 Å². The molecule has 1 saturated heterocycles. The van der Waals surface area contributed by atoms with E-state index < -0.39 is 0 Å². The van der Waals surface area contributed by atoms with Gasteiger partial charge < -0.3 is 9.42 Å². The van der Waals surface area contributed by atoms with E-state index in [9.17, 15) is 4.79 Å². The van der Waals surface area contributed by atoms with Crippen molar-refractivity contribution in [3.63, 3.8) is 0 Å². The van der Waals surface area contributed by atoms with Crippen LogP contribution in [0, 0.1) is 0 Å². The number of hydrogen-bond donors (Lipinski definition) is 0. The number of fused-ring (bicyclic) bond motifs is 1. The lowest BCUT2D eigenvalue weighted by atomic mass is 10.00. The molecular weight excluding hydrogens is 370 g/mol. The van der Waals surface area contributed by atoms with Crippen LogP contribution < -0.4 is 0 Å². The van der Waals surface area contributed by atoms with Crippen LogP contribution in [0.25, 0.3) is 16.9 Å². The third-order valence-electron chi connectivity index (χ3n) is 5.26. The van der Waals surface area contributed by atoms with Crippen molar-refractivity contribution in [3.8, 4) is 5.82 Å². The van der Waals surface area contributed by atoms with Crippen LogP contribution in [0.2, 0.25) is 0 Å². The van der Waals surface area contributed by atoms with Gasteiger partial charge >= 0.3 is 0 Å². The number of amides is 1. The molecule has 1 aliphatic heterocycles. The normalized spacial score (nSPS) is 17.4. The van der Waals surface area contributed by atoms with E-state index in [0.717, 1.165) is 36.1 Å². The molecule has 0 radical (unpaired) electrons. The first kappa shape index (κ1) is 17.5. The molecule has 1 fully saturated rings. The number of likely N-dealkylation sites (tertiary alicyclic amines) is 1. The lowest BCUT2D eigenvalue weighted by molar-refractivity contribution is 0.0719. The fourth-order valence-corrected chi connectivity index (χ4v) is 3.79. The van der Waals surface area contributed by atoms with Crippen molar-refractivity contribution in [2.24, 2.45) is 0 Å². The Hall–Kier alpha value is -3.62. The highest BCUT2D eigenvalue weighted by Gasteiger charge is 2.27. The van der Waals surface area contributed by atoms with Crippen molar-refractivity contribution in [1.82, 2.24) is 34.8 Å². The van der Waals surface area contributed by atoms with Gasteiger partial charge in [0, 0.05) is 25.1 Å². The van der Waals surface area contributed by atoms with Crippen molar-refractivity contribution in [2.75, 3.05) is 13.1 Å². The molecule has 5 rings (SSSR count). The van der Waals surface area contributed by atoms with Gasteiger partial charge in [-0.05, 0) is 31.4 Å². The summed E-state index contributed by atoms with van der Waals surface area (Å²) in [6.07, 6.45) is 7.34. The highest BCUT2D eigenvalue weighted by molar-refractivity contribution is 5.91. The zero-order valence-corrected chi connectivity index (χ0v) is 15.7. The maximum Gasteiger partial charge on any atom is 0.292 e. The average Bonchev–Trinajstić information content (AvgIpc) is 3.41. The summed E-state index contributed by atoms with van der Waals surface area (Å²) >= 11 is 0. The van der Waals surface area contributed by atoms with E-state index in [-0.39, 0.29) is 17.6 Å². The topological polar surface area (TPSA) is 103 Å². The number of carbonyl (C=O) groups is 1. The van der Waals surface area contributed by atoms with E-state index in [1.54, 1.807) is 23.3 Å². The Balaban J connectivity index is 1.38. The molecule has 29 heavy (non-hydrogen) atoms. The van der Waals surface area contributed by atoms with Crippen LogP contribution >= 0.6 is 0 Å². The summed E-state index contributed by atoms with van der Waals surface area (Å²) in [6, 6.07) is 9.34. The molecule has 1 aromatic carbocycles. The molecule has 0 spiro atoms. The number of para-hydroxylation sites is 2. The van der Waals surface area contributed by atoms with Gasteiger partial charge in [0.15, 0.2) is 5.82 Å². The smallest absolute Gasteiger partial charge is 0.292 e. The van der Waals surface area contributed by atoms with Crippen molar-refractivity contribution in [2.45, 2.75) is 25.2 Å². The maximum absolute atomic E-state index is 12.6. The molecule has 1 unspecified atom stereocenters. The lowest BCUT2D eigenvalue weighted by Gasteiger charge is -2.19. The summed E-state index contributed by atoms with van der Waals surface area (Å²) in [5, 5.41) is 8.02. The number of rotatable bonds is 3. The van der Waals surface area contributed by atoms with E-state index in [0.29, 0.717) is 18.9 Å². The summed E-state index contributed by atoms with van der Waals surface area (Å²) in [7, 11) is 0. The Kier molecular flexibility index (Phi) is 4.47. The van der Waals surface area contributed by atoms with E-state index in [4.69, 9.17) is 4.52 Å². The average molecular weight is 389 g/mol. The second-order valence-corrected chi connectivity index (χ2v) is 7.04. The van der Waals surface area contributed by atoms with Gasteiger partial charge in [-0.3, -0.25) is 9.78 Å². The van der Waals surface area contributed by atoms with E-state index in [1.807, 2.05) is 29.2 Å². The fourth-order valence-electron chi connectivity index (χ4n) is 3.79. The predicted octanol–water partition coefficient (Wildman–Crippen LogP) is 2.61. The Morgan fingerprint density at radius 2 is 1.97 bits per heavy atom. The molecule has 4 heterocycles. The lowest BCUT2D eigenvalue weighted by Crippen LogP contribution is -2.31. The molecule has 0 aliphatic carbocycles. The van der Waals surface area contributed by atoms with Crippen LogP contribution in [-0.4, -0.2) is 53.8 Å². The van der Waals surface area contributed by atoms with Gasteiger partial charge in [0.05, 0.1) is 23.4 Å². The largest absolute Gasteiger partial charge is 0.351 e. The Bertz CT molecular complexity index is 1140. The van der Waals surface area contributed by atoms with Gasteiger partial charge in [-0.2, -0.15) is 9.78 Å². The van der Waals surface area contributed by atoms with Gasteiger partial charge in [-0.15, -0.1) is 0 Å². The van der Waals surface area contributed by atoms with Gasteiger partial charge in [0.1, 0.15) is 12.2 Å². The van der Waals surface area contributed by atoms with Crippen molar-refractivity contribution in [1.29, 1.82) is 0 Å². The van der Waals surface area contributed by atoms with Crippen molar-refractivity contribution >= 4 is 16.9 Å². The molecule has 146 valence electrons. The Labute approximate surface area is 166 Å². The highest BCUT2D eigenvalue weighted by atomic mass is 16.5. The molecule has 1 amide bonds. The van der Waals surface area contributed by atoms with Crippen LogP contribution in [0.1, 0.15) is 41.6 Å². The summed E-state index contributed by atoms with van der Waals surface area (Å²) in [4.78, 5) is 28.1. The second kappa shape index (κ2) is 7.42. The first-order valence-corrected chi connectivity index (χ1v) is 9.61. The number of nitrogens with zero attached hydrogens (tertiary/aromatic N) is 7. The molecule has 0 N–H and O–H groups in total. The molecule has 0 bridgehead atoms. The first-order valence-electron chi connectivity index (χ1n) is 9.61. The van der Waals surface area contributed by atoms with Gasteiger partial charge in [-0.25, -0.2) is 9.97 Å². The molecule has 1 atom stereocenters. The number of carbonyl (C=O) groups excluding carboxylic acids is 1. The number of hydrogen-bond acceptors (Lipinski definition) is 7. The monoisotopic (exact) mass is 389 g/mol. The molecule has 4 aromatic rings. The predicted molar refractivity (Wildman–Crippen MR) is 103 cm³/mol. The summed E-state index contributed by atoms with van der Waals surface area (Å²) in [6.45, 7) is 1.31. The molecule has 0 saturated carbocycles. The fraction of sp³-hybridized carbons (Fsp3) is 0.300. The SMILES string of the molecule is O=C(c1ccno1)N1CCCC(c2ncnn2-c2cnc3ccccc3n2)CC1.